The van der Waals surface area contributed by atoms with Gasteiger partial charge in [0.1, 0.15) is 18.3 Å². The van der Waals surface area contributed by atoms with Crippen LogP contribution in [-0.4, -0.2) is 65.9 Å². The van der Waals surface area contributed by atoms with Gasteiger partial charge in [-0.1, -0.05) is 0 Å². The number of fused-ring (bicyclic) bond motifs is 1. The van der Waals surface area contributed by atoms with Gasteiger partial charge in [0, 0.05) is 22.6 Å². The van der Waals surface area contributed by atoms with E-state index in [1.165, 1.54) is 10.9 Å². The number of rotatable bonds is 5. The Morgan fingerprint density at radius 3 is 2.79 bits per heavy atom. The van der Waals surface area contributed by atoms with Crippen LogP contribution in [0.5, 0.6) is 0 Å². The van der Waals surface area contributed by atoms with Gasteiger partial charge in [0.2, 0.25) is 0 Å². The van der Waals surface area contributed by atoms with Crippen LogP contribution in [0.25, 0.3) is 11.2 Å². The first kappa shape index (κ1) is 16.4. The maximum absolute atomic E-state index is 10.2. The Bertz CT molecular complexity index is 754. The molecule has 0 radical (unpaired) electrons. The van der Waals surface area contributed by atoms with Gasteiger partial charge in [0.15, 0.2) is 27.0 Å². The summed E-state index contributed by atoms with van der Waals surface area (Å²) in [6, 6.07) is 0. The predicted octanol–water partition coefficient (Wildman–Crippen LogP) is -0.452. The average molecular weight is 449 g/mol. The van der Waals surface area contributed by atoms with Crippen molar-refractivity contribution < 1.29 is 24.9 Å². The molecule has 4 N–H and O–H groups in total. The minimum absolute atomic E-state index is 0.190. The Morgan fingerprint density at radius 2 is 2.12 bits per heavy atom. The number of imidazole rings is 1. The molecule has 11 heteroatoms. The fraction of sp³-hybridized carbons (Fsp3) is 0.615. The number of anilines is 1. The zero-order chi connectivity index (χ0) is 16.8. The van der Waals surface area contributed by atoms with Crippen LogP contribution < -0.4 is 5.48 Å². The van der Waals surface area contributed by atoms with Crippen LogP contribution >= 0.6 is 22.6 Å². The molecular formula is C13H16IN5O5. The monoisotopic (exact) mass is 449 g/mol. The van der Waals surface area contributed by atoms with Gasteiger partial charge in [-0.15, -0.1) is 0 Å². The molecule has 0 spiro atoms. The van der Waals surface area contributed by atoms with Crippen molar-refractivity contribution >= 4 is 39.6 Å². The molecule has 0 aromatic carbocycles. The van der Waals surface area contributed by atoms with Gasteiger partial charge < -0.3 is 20.1 Å². The Kier molecular flexibility index (Phi) is 4.30. The van der Waals surface area contributed by atoms with Crippen LogP contribution in [0, 0.1) is 3.83 Å². The molecule has 24 heavy (non-hydrogen) atoms. The Balaban J connectivity index is 1.69. The van der Waals surface area contributed by atoms with E-state index in [-0.39, 0.29) is 6.10 Å². The van der Waals surface area contributed by atoms with Crippen LogP contribution in [0.15, 0.2) is 6.33 Å². The van der Waals surface area contributed by atoms with Crippen molar-refractivity contribution in [3.05, 3.63) is 10.2 Å². The fourth-order valence-corrected chi connectivity index (χ4v) is 3.05. The molecule has 3 heterocycles. The topological polar surface area (TPSA) is 135 Å². The number of halogens is 1. The number of aliphatic hydroxyl groups excluding tert-OH is 3. The van der Waals surface area contributed by atoms with Gasteiger partial charge in [-0.2, -0.15) is 0 Å². The second-order valence-corrected chi connectivity index (χ2v) is 6.78. The first-order valence-electron chi connectivity index (χ1n) is 7.52. The van der Waals surface area contributed by atoms with Gasteiger partial charge >= 0.3 is 0 Å². The molecule has 2 fully saturated rings. The number of hydrogen-bond donors (Lipinski definition) is 4. The van der Waals surface area contributed by atoms with Gasteiger partial charge in [-0.25, -0.2) is 20.4 Å². The lowest BCUT2D eigenvalue weighted by molar-refractivity contribution is -0.0511. The summed E-state index contributed by atoms with van der Waals surface area (Å²) in [5.74, 6) is 0.432. The van der Waals surface area contributed by atoms with Crippen LogP contribution in [0.2, 0.25) is 0 Å². The molecule has 4 atom stereocenters. The summed E-state index contributed by atoms with van der Waals surface area (Å²) < 4.78 is 7.52. The van der Waals surface area contributed by atoms with Crippen molar-refractivity contribution in [3.8, 4) is 0 Å². The second-order valence-electron chi connectivity index (χ2n) is 5.81. The van der Waals surface area contributed by atoms with Crippen molar-refractivity contribution in [2.45, 2.75) is 43.5 Å². The van der Waals surface area contributed by atoms with Crippen LogP contribution in [-0.2, 0) is 9.57 Å². The summed E-state index contributed by atoms with van der Waals surface area (Å²) in [5, 5.41) is 29.3. The first-order chi connectivity index (χ1) is 11.6. The Hall–Kier alpha value is -1.12. The largest absolute Gasteiger partial charge is 0.394 e. The molecule has 1 aliphatic heterocycles. The highest BCUT2D eigenvalue weighted by Crippen LogP contribution is 2.33. The minimum Gasteiger partial charge on any atom is -0.394 e. The van der Waals surface area contributed by atoms with E-state index in [9.17, 15) is 15.3 Å². The smallest absolute Gasteiger partial charge is 0.194 e. The molecule has 2 aromatic heterocycles. The SMILES string of the molecule is OC[C@H]1O[C@@H](n2cnc3c(NOC4CC4)nc(I)nc32)[C@H](O)[C@@H]1O. The van der Waals surface area contributed by atoms with Crippen molar-refractivity contribution in [2.75, 3.05) is 12.1 Å². The normalized spacial score (nSPS) is 30.2. The lowest BCUT2D eigenvalue weighted by atomic mass is 10.1. The zero-order valence-corrected chi connectivity index (χ0v) is 14.6. The van der Waals surface area contributed by atoms with E-state index in [0.717, 1.165) is 12.8 Å². The molecule has 0 amide bonds. The average Bonchev–Trinajstić information content (AvgIpc) is 3.24. The molecule has 1 aliphatic carbocycles. The van der Waals surface area contributed by atoms with E-state index in [2.05, 4.69) is 20.4 Å². The molecule has 0 unspecified atom stereocenters. The number of nitrogens with one attached hydrogen (secondary N) is 1. The number of ether oxygens (including phenoxy) is 1. The summed E-state index contributed by atoms with van der Waals surface area (Å²) in [6.07, 6.45) is -0.484. The molecule has 1 saturated heterocycles. The molecule has 2 aromatic rings. The van der Waals surface area contributed by atoms with Gasteiger partial charge in [-0.05, 0) is 12.8 Å². The highest BCUT2D eigenvalue weighted by atomic mass is 127. The minimum atomic E-state index is -1.20. The second kappa shape index (κ2) is 6.31. The van der Waals surface area contributed by atoms with Gasteiger partial charge in [0.05, 0.1) is 19.0 Å². The molecule has 0 bridgehead atoms. The lowest BCUT2D eigenvalue weighted by Crippen LogP contribution is -2.33. The summed E-state index contributed by atoms with van der Waals surface area (Å²) in [5.41, 5.74) is 3.71. The molecule has 130 valence electrons. The predicted molar refractivity (Wildman–Crippen MR) is 88.8 cm³/mol. The summed E-state index contributed by atoms with van der Waals surface area (Å²) in [4.78, 5) is 18.3. The quantitative estimate of drug-likeness (QED) is 0.272. The number of hydrogen-bond acceptors (Lipinski definition) is 9. The van der Waals surface area contributed by atoms with E-state index >= 15 is 0 Å². The van der Waals surface area contributed by atoms with Crippen molar-refractivity contribution in [1.29, 1.82) is 0 Å². The van der Waals surface area contributed by atoms with Crippen molar-refractivity contribution in [3.63, 3.8) is 0 Å². The third-order valence-electron chi connectivity index (χ3n) is 4.03. The Morgan fingerprint density at radius 1 is 1.33 bits per heavy atom. The molecule has 1 saturated carbocycles. The molecule has 2 aliphatic rings. The first-order valence-corrected chi connectivity index (χ1v) is 8.60. The lowest BCUT2D eigenvalue weighted by Gasteiger charge is -2.16. The summed E-state index contributed by atoms with van der Waals surface area (Å²) in [7, 11) is 0. The summed E-state index contributed by atoms with van der Waals surface area (Å²) >= 11 is 1.97. The summed E-state index contributed by atoms with van der Waals surface area (Å²) in [6.45, 7) is -0.393. The molecule has 4 rings (SSSR count). The number of aliphatic hydroxyl groups is 3. The molecular weight excluding hydrogens is 433 g/mol. The maximum atomic E-state index is 10.2. The Labute approximate surface area is 149 Å². The van der Waals surface area contributed by atoms with E-state index in [0.29, 0.717) is 20.8 Å². The fourth-order valence-electron chi connectivity index (χ4n) is 2.58. The standard InChI is InChI=1S/C13H16IN5O5/c14-13-16-10(18-24-5-1-2-5)7-11(17-13)19(4-15-7)12-9(22)8(21)6(3-20)23-12/h4-6,8-9,12,20-22H,1-3H2,(H,16,17,18)/t6-,8-,9-,12-/m1/s1. The van der Waals surface area contributed by atoms with Gasteiger partial charge in [0.25, 0.3) is 0 Å². The van der Waals surface area contributed by atoms with E-state index < -0.39 is 31.1 Å². The zero-order valence-electron chi connectivity index (χ0n) is 12.4. The van der Waals surface area contributed by atoms with E-state index in [4.69, 9.17) is 9.57 Å². The highest BCUT2D eigenvalue weighted by molar-refractivity contribution is 14.1. The number of nitrogens with zero attached hydrogens (tertiary/aromatic N) is 4. The third kappa shape index (κ3) is 2.84. The molecule has 10 nitrogen and oxygen atoms in total. The third-order valence-corrected chi connectivity index (χ3v) is 4.51. The van der Waals surface area contributed by atoms with E-state index in [1.54, 1.807) is 0 Å². The van der Waals surface area contributed by atoms with E-state index in [1.807, 2.05) is 22.6 Å². The van der Waals surface area contributed by atoms with Crippen molar-refractivity contribution in [1.82, 2.24) is 19.5 Å². The van der Waals surface area contributed by atoms with Gasteiger partial charge in [-0.3, -0.25) is 9.40 Å². The maximum Gasteiger partial charge on any atom is 0.194 e. The van der Waals surface area contributed by atoms with Crippen LogP contribution in [0.3, 0.4) is 0 Å². The number of aromatic nitrogens is 4. The van der Waals surface area contributed by atoms with Crippen molar-refractivity contribution in [2.24, 2.45) is 0 Å². The highest BCUT2D eigenvalue weighted by Gasteiger charge is 2.44. The van der Waals surface area contributed by atoms with Crippen LogP contribution in [0.4, 0.5) is 5.82 Å². The van der Waals surface area contributed by atoms with Crippen LogP contribution in [0.1, 0.15) is 19.1 Å².